The van der Waals surface area contributed by atoms with Crippen molar-refractivity contribution in [1.82, 2.24) is 0 Å². The zero-order valence-corrected chi connectivity index (χ0v) is 11.7. The van der Waals surface area contributed by atoms with Crippen molar-refractivity contribution in [3.63, 3.8) is 0 Å². The molecule has 17 heavy (non-hydrogen) atoms. The summed E-state index contributed by atoms with van der Waals surface area (Å²) in [6.45, 7) is 0. The maximum absolute atomic E-state index is 11.7. The van der Waals surface area contributed by atoms with Crippen molar-refractivity contribution in [2.75, 3.05) is 21.3 Å². The lowest BCUT2D eigenvalue weighted by Crippen LogP contribution is -2.15. The lowest BCUT2D eigenvalue weighted by molar-refractivity contribution is 0.0551. The molecule has 0 fully saturated rings. The molecule has 1 aromatic rings. The zero-order chi connectivity index (χ0) is 13.0. The Morgan fingerprint density at radius 1 is 1.00 bits per heavy atom. The van der Waals surface area contributed by atoms with Crippen molar-refractivity contribution < 1.29 is 23.8 Å². The van der Waals surface area contributed by atoms with Crippen LogP contribution in [-0.2, 0) is 9.47 Å². The number of carbonyl (C=O) groups excluding carboxylic acids is 2. The fraction of sp³-hybridized carbons (Fsp3) is 0.273. The van der Waals surface area contributed by atoms with Gasteiger partial charge < -0.3 is 14.2 Å². The molecule has 6 heteroatoms. The Morgan fingerprint density at radius 2 is 1.53 bits per heavy atom. The monoisotopic (exact) mass is 350 g/mol. The van der Waals surface area contributed by atoms with E-state index in [1.807, 2.05) is 22.6 Å². The lowest BCUT2D eigenvalue weighted by Gasteiger charge is -2.12. The van der Waals surface area contributed by atoms with Crippen LogP contribution in [0.4, 0.5) is 0 Å². The molecule has 0 N–H and O–H groups in total. The fourth-order valence-corrected chi connectivity index (χ4v) is 2.00. The number of hydrogen-bond donors (Lipinski definition) is 0. The predicted molar refractivity (Wildman–Crippen MR) is 68.4 cm³/mol. The molecule has 5 nitrogen and oxygen atoms in total. The highest BCUT2D eigenvalue weighted by Gasteiger charge is 2.25. The van der Waals surface area contributed by atoms with Crippen LogP contribution >= 0.6 is 22.6 Å². The van der Waals surface area contributed by atoms with Gasteiger partial charge in [0.1, 0.15) is 11.3 Å². The molecule has 0 amide bonds. The summed E-state index contributed by atoms with van der Waals surface area (Å²) in [7, 11) is 3.90. The Hall–Kier alpha value is -1.31. The number of rotatable bonds is 3. The number of methoxy groups -OCH3 is 3. The van der Waals surface area contributed by atoms with Gasteiger partial charge in [0.05, 0.1) is 26.9 Å². The van der Waals surface area contributed by atoms with Gasteiger partial charge in [0.25, 0.3) is 0 Å². The minimum absolute atomic E-state index is 0.0775. The van der Waals surface area contributed by atoms with Gasteiger partial charge in [0.2, 0.25) is 0 Å². The molecular formula is C11H11IO5. The summed E-state index contributed by atoms with van der Waals surface area (Å²) in [6.07, 6.45) is 0. The second-order valence-corrected chi connectivity index (χ2v) is 4.14. The molecule has 0 heterocycles. The van der Waals surface area contributed by atoms with E-state index in [0.29, 0.717) is 3.57 Å². The van der Waals surface area contributed by atoms with E-state index in [-0.39, 0.29) is 16.9 Å². The Morgan fingerprint density at radius 3 is 2.00 bits per heavy atom. The van der Waals surface area contributed by atoms with Gasteiger partial charge in [-0.05, 0) is 34.7 Å². The number of carbonyl (C=O) groups is 2. The fourth-order valence-electron chi connectivity index (χ4n) is 1.33. The standard InChI is InChI=1S/C11H11IO5/c1-15-7-5-4-6(12)8(10(13)16-2)9(7)11(14)17-3/h4-5H,1-3H3. The normalized spacial score (nSPS) is 9.65. The summed E-state index contributed by atoms with van der Waals surface area (Å²) in [4.78, 5) is 23.3. The van der Waals surface area contributed by atoms with Gasteiger partial charge >= 0.3 is 11.9 Å². The van der Waals surface area contributed by atoms with Crippen molar-refractivity contribution in [3.05, 3.63) is 26.8 Å². The highest BCUT2D eigenvalue weighted by atomic mass is 127. The van der Waals surface area contributed by atoms with Crippen molar-refractivity contribution in [2.24, 2.45) is 0 Å². The van der Waals surface area contributed by atoms with E-state index in [1.54, 1.807) is 12.1 Å². The topological polar surface area (TPSA) is 61.8 Å². The summed E-state index contributed by atoms with van der Waals surface area (Å²) >= 11 is 1.94. The van der Waals surface area contributed by atoms with Gasteiger partial charge in [-0.25, -0.2) is 9.59 Å². The van der Waals surface area contributed by atoms with Gasteiger partial charge in [-0.1, -0.05) is 0 Å². The zero-order valence-electron chi connectivity index (χ0n) is 9.57. The van der Waals surface area contributed by atoms with Gasteiger partial charge in [-0.15, -0.1) is 0 Å². The van der Waals surface area contributed by atoms with E-state index in [4.69, 9.17) is 4.74 Å². The second kappa shape index (κ2) is 5.85. The molecule has 0 aliphatic heterocycles. The van der Waals surface area contributed by atoms with Crippen LogP contribution in [0.3, 0.4) is 0 Å². The van der Waals surface area contributed by atoms with Gasteiger partial charge in [0.15, 0.2) is 0 Å². The molecule has 0 bridgehead atoms. The van der Waals surface area contributed by atoms with Crippen LogP contribution in [0.1, 0.15) is 20.7 Å². The highest BCUT2D eigenvalue weighted by Crippen LogP contribution is 2.28. The summed E-state index contributed by atoms with van der Waals surface area (Å²) in [5.41, 5.74) is 0.230. The van der Waals surface area contributed by atoms with Crippen molar-refractivity contribution >= 4 is 34.5 Å². The van der Waals surface area contributed by atoms with E-state index in [1.165, 1.54) is 21.3 Å². The molecule has 92 valence electrons. The smallest absolute Gasteiger partial charge is 0.342 e. The minimum atomic E-state index is -0.638. The molecule has 1 aromatic carbocycles. The number of ether oxygens (including phenoxy) is 3. The number of benzene rings is 1. The van der Waals surface area contributed by atoms with Crippen molar-refractivity contribution in [3.8, 4) is 5.75 Å². The molecule has 0 aliphatic carbocycles. The summed E-state index contributed by atoms with van der Waals surface area (Å²) < 4.78 is 14.9. The van der Waals surface area contributed by atoms with Gasteiger partial charge in [-0.3, -0.25) is 0 Å². The largest absolute Gasteiger partial charge is 0.496 e. The summed E-state index contributed by atoms with van der Waals surface area (Å²) in [6, 6.07) is 3.26. The van der Waals surface area contributed by atoms with E-state index in [0.717, 1.165) is 0 Å². The molecule has 0 radical (unpaired) electrons. The number of hydrogen-bond acceptors (Lipinski definition) is 5. The number of esters is 2. The molecule has 0 saturated heterocycles. The first-order valence-corrected chi connectivity index (χ1v) is 5.67. The van der Waals surface area contributed by atoms with Crippen LogP contribution in [0.5, 0.6) is 5.75 Å². The number of halogens is 1. The molecule has 0 aromatic heterocycles. The van der Waals surface area contributed by atoms with Crippen LogP contribution in [0.15, 0.2) is 12.1 Å². The van der Waals surface area contributed by atoms with Gasteiger partial charge in [0, 0.05) is 3.57 Å². The molecule has 1 rings (SSSR count). The molecule has 0 spiro atoms. The van der Waals surface area contributed by atoms with Crippen molar-refractivity contribution in [2.45, 2.75) is 0 Å². The highest BCUT2D eigenvalue weighted by molar-refractivity contribution is 14.1. The summed E-state index contributed by atoms with van der Waals surface area (Å²) in [5, 5.41) is 0. The van der Waals surface area contributed by atoms with E-state index < -0.39 is 11.9 Å². The lowest BCUT2D eigenvalue weighted by atomic mass is 10.1. The van der Waals surface area contributed by atoms with Crippen LogP contribution in [0, 0.1) is 3.57 Å². The van der Waals surface area contributed by atoms with Crippen LogP contribution < -0.4 is 4.74 Å². The molecule has 0 atom stereocenters. The second-order valence-electron chi connectivity index (χ2n) is 2.98. The SMILES string of the molecule is COC(=O)c1c(I)ccc(OC)c1C(=O)OC. The van der Waals surface area contributed by atoms with Crippen LogP contribution in [0.25, 0.3) is 0 Å². The van der Waals surface area contributed by atoms with E-state index in [9.17, 15) is 9.59 Å². The van der Waals surface area contributed by atoms with Gasteiger partial charge in [-0.2, -0.15) is 0 Å². The Kier molecular flexibility index (Phi) is 4.73. The van der Waals surface area contributed by atoms with E-state index >= 15 is 0 Å². The average Bonchev–Trinajstić information content (AvgIpc) is 2.36. The molecule has 0 saturated carbocycles. The Bertz CT molecular complexity index is 455. The predicted octanol–water partition coefficient (Wildman–Crippen LogP) is 1.87. The first kappa shape index (κ1) is 13.8. The Labute approximate surface area is 112 Å². The van der Waals surface area contributed by atoms with Crippen LogP contribution in [-0.4, -0.2) is 33.3 Å². The minimum Gasteiger partial charge on any atom is -0.496 e. The van der Waals surface area contributed by atoms with Crippen LogP contribution in [0.2, 0.25) is 0 Å². The van der Waals surface area contributed by atoms with Crippen molar-refractivity contribution in [1.29, 1.82) is 0 Å². The average molecular weight is 350 g/mol. The van der Waals surface area contributed by atoms with E-state index in [2.05, 4.69) is 9.47 Å². The first-order valence-electron chi connectivity index (χ1n) is 4.60. The maximum Gasteiger partial charge on any atom is 0.342 e. The Balaban J connectivity index is 3.53. The first-order chi connectivity index (χ1) is 8.06. The third-order valence-electron chi connectivity index (χ3n) is 2.12. The third kappa shape index (κ3) is 2.68. The molecule has 0 aliphatic rings. The molecule has 0 unspecified atom stereocenters. The quantitative estimate of drug-likeness (QED) is 0.615. The third-order valence-corrected chi connectivity index (χ3v) is 3.01. The maximum atomic E-state index is 11.7. The molecular weight excluding hydrogens is 339 g/mol. The summed E-state index contributed by atoms with van der Waals surface area (Å²) in [5.74, 6) is -0.966.